The van der Waals surface area contributed by atoms with Gasteiger partial charge >= 0.3 is 0 Å². The molecule has 0 radical (unpaired) electrons. The predicted octanol–water partition coefficient (Wildman–Crippen LogP) is 4.93. The van der Waals surface area contributed by atoms with E-state index in [2.05, 4.69) is 5.32 Å². The zero-order chi connectivity index (χ0) is 19.1. The molecule has 2 aromatic carbocycles. The molecule has 1 atom stereocenters. The zero-order valence-corrected chi connectivity index (χ0v) is 17.0. The number of thioether (sulfide) groups is 1. The van der Waals surface area contributed by atoms with Gasteiger partial charge in [-0.1, -0.05) is 17.7 Å². The molecular weight excluding hydrogens is 370 g/mol. The second kappa shape index (κ2) is 9.74. The minimum absolute atomic E-state index is 0.0218. The lowest BCUT2D eigenvalue weighted by Gasteiger charge is -2.15. The van der Waals surface area contributed by atoms with E-state index in [1.165, 1.54) is 11.8 Å². The van der Waals surface area contributed by atoms with Crippen LogP contribution >= 0.6 is 23.4 Å². The van der Waals surface area contributed by atoms with Crippen molar-refractivity contribution in [3.05, 3.63) is 53.1 Å². The Morgan fingerprint density at radius 1 is 1.12 bits per heavy atom. The number of carbonyl (C=O) groups is 1. The van der Waals surface area contributed by atoms with E-state index in [0.29, 0.717) is 23.1 Å². The fraction of sp³-hybridized carbons (Fsp3) is 0.350. The molecule has 0 spiro atoms. The maximum atomic E-state index is 12.3. The van der Waals surface area contributed by atoms with Crippen LogP contribution in [0.1, 0.15) is 26.3 Å². The van der Waals surface area contributed by atoms with Gasteiger partial charge in [-0.2, -0.15) is 0 Å². The van der Waals surface area contributed by atoms with E-state index in [1.807, 2.05) is 63.2 Å². The Labute approximate surface area is 164 Å². The first-order valence-corrected chi connectivity index (χ1v) is 9.68. The van der Waals surface area contributed by atoms with Crippen LogP contribution in [0.15, 0.2) is 47.4 Å². The van der Waals surface area contributed by atoms with Gasteiger partial charge in [0.15, 0.2) is 11.5 Å². The lowest BCUT2D eigenvalue weighted by atomic mass is 10.2. The first-order valence-electron chi connectivity index (χ1n) is 8.42. The Hall–Kier alpha value is -1.85. The van der Waals surface area contributed by atoms with E-state index in [1.54, 1.807) is 7.11 Å². The number of methoxy groups -OCH3 is 1. The normalized spacial score (nSPS) is 11.9. The Morgan fingerprint density at radius 2 is 1.81 bits per heavy atom. The highest BCUT2D eigenvalue weighted by Gasteiger charge is 2.15. The van der Waals surface area contributed by atoms with E-state index in [4.69, 9.17) is 21.1 Å². The molecule has 1 N–H and O–H groups in total. The van der Waals surface area contributed by atoms with Crippen molar-refractivity contribution in [2.45, 2.75) is 43.6 Å². The molecule has 0 saturated carbocycles. The maximum Gasteiger partial charge on any atom is 0.233 e. The van der Waals surface area contributed by atoms with Crippen LogP contribution in [0, 0.1) is 0 Å². The fourth-order valence-corrected chi connectivity index (χ4v) is 3.29. The molecule has 0 aromatic heterocycles. The Morgan fingerprint density at radius 3 is 2.42 bits per heavy atom. The molecule has 140 valence electrons. The smallest absolute Gasteiger partial charge is 0.233 e. The van der Waals surface area contributed by atoms with Crippen LogP contribution in [-0.4, -0.2) is 24.4 Å². The van der Waals surface area contributed by atoms with Gasteiger partial charge < -0.3 is 14.8 Å². The van der Waals surface area contributed by atoms with Crippen LogP contribution in [0.25, 0.3) is 0 Å². The molecule has 0 unspecified atom stereocenters. The number of amides is 1. The quantitative estimate of drug-likeness (QED) is 0.646. The summed E-state index contributed by atoms with van der Waals surface area (Å²) in [6, 6.07) is 13.1. The number of halogens is 1. The van der Waals surface area contributed by atoms with E-state index in [9.17, 15) is 4.79 Å². The summed E-state index contributed by atoms with van der Waals surface area (Å²) in [5.41, 5.74) is 0.954. The Bertz CT molecular complexity index is 734. The van der Waals surface area contributed by atoms with Crippen molar-refractivity contribution >= 4 is 29.3 Å². The molecular formula is C20H24ClNO3S. The van der Waals surface area contributed by atoms with Gasteiger partial charge in [0.25, 0.3) is 0 Å². The summed E-state index contributed by atoms with van der Waals surface area (Å²) in [4.78, 5) is 13.3. The van der Waals surface area contributed by atoms with Crippen LogP contribution in [0.5, 0.6) is 11.5 Å². The second-order valence-electron chi connectivity index (χ2n) is 6.08. The van der Waals surface area contributed by atoms with Gasteiger partial charge in [0.1, 0.15) is 0 Å². The first-order chi connectivity index (χ1) is 12.4. The minimum Gasteiger partial charge on any atom is -0.493 e. The highest BCUT2D eigenvalue weighted by molar-refractivity contribution is 8.00. The number of hydrogen-bond donors (Lipinski definition) is 1. The van der Waals surface area contributed by atoms with Crippen molar-refractivity contribution in [1.82, 2.24) is 5.32 Å². The van der Waals surface area contributed by atoms with Gasteiger partial charge in [0.05, 0.1) is 18.5 Å². The summed E-state index contributed by atoms with van der Waals surface area (Å²) in [5, 5.41) is 3.44. The molecule has 26 heavy (non-hydrogen) atoms. The summed E-state index contributed by atoms with van der Waals surface area (Å²) in [6.07, 6.45) is 0.0696. The number of hydrogen-bond acceptors (Lipinski definition) is 4. The molecule has 6 heteroatoms. The molecule has 0 aliphatic heterocycles. The third kappa shape index (κ3) is 6.15. The SMILES string of the molecule is COc1cc(CNC(=O)[C@H](C)Sc2ccc(Cl)cc2)ccc1OC(C)C. The van der Waals surface area contributed by atoms with Crippen LogP contribution in [-0.2, 0) is 11.3 Å². The molecule has 0 aliphatic rings. The molecule has 0 bridgehead atoms. The molecule has 1 amide bonds. The van der Waals surface area contributed by atoms with Crippen molar-refractivity contribution in [2.24, 2.45) is 0 Å². The Balaban J connectivity index is 1.92. The number of rotatable bonds is 8. The molecule has 2 aromatic rings. The highest BCUT2D eigenvalue weighted by atomic mass is 35.5. The van der Waals surface area contributed by atoms with Gasteiger partial charge in [-0.3, -0.25) is 4.79 Å². The summed E-state index contributed by atoms with van der Waals surface area (Å²) in [5.74, 6) is 1.34. The summed E-state index contributed by atoms with van der Waals surface area (Å²) < 4.78 is 11.1. The topological polar surface area (TPSA) is 47.6 Å². The average Bonchev–Trinajstić information content (AvgIpc) is 2.62. The predicted molar refractivity (Wildman–Crippen MR) is 107 cm³/mol. The number of carbonyl (C=O) groups excluding carboxylic acids is 1. The van der Waals surface area contributed by atoms with Gasteiger partial charge in [0, 0.05) is 16.5 Å². The molecule has 0 aliphatic carbocycles. The monoisotopic (exact) mass is 393 g/mol. The lowest BCUT2D eigenvalue weighted by Crippen LogP contribution is -2.30. The van der Waals surface area contributed by atoms with Crippen molar-refractivity contribution < 1.29 is 14.3 Å². The number of ether oxygens (including phenoxy) is 2. The highest BCUT2D eigenvalue weighted by Crippen LogP contribution is 2.29. The standard InChI is InChI=1S/C20H24ClNO3S/c1-13(2)25-18-10-5-15(11-19(18)24-4)12-22-20(23)14(3)26-17-8-6-16(21)7-9-17/h5-11,13-14H,12H2,1-4H3,(H,22,23)/t14-/m0/s1. The van der Waals surface area contributed by atoms with E-state index in [0.717, 1.165) is 10.5 Å². The molecule has 0 saturated heterocycles. The van der Waals surface area contributed by atoms with Crippen molar-refractivity contribution in [2.75, 3.05) is 7.11 Å². The van der Waals surface area contributed by atoms with Gasteiger partial charge in [-0.15, -0.1) is 11.8 Å². The van der Waals surface area contributed by atoms with Crippen LogP contribution < -0.4 is 14.8 Å². The van der Waals surface area contributed by atoms with Crippen LogP contribution in [0.3, 0.4) is 0 Å². The maximum absolute atomic E-state index is 12.3. The first kappa shape index (κ1) is 20.5. The van der Waals surface area contributed by atoms with E-state index < -0.39 is 0 Å². The van der Waals surface area contributed by atoms with Crippen molar-refractivity contribution in [3.8, 4) is 11.5 Å². The average molecular weight is 394 g/mol. The van der Waals surface area contributed by atoms with Crippen molar-refractivity contribution in [1.29, 1.82) is 0 Å². The zero-order valence-electron chi connectivity index (χ0n) is 15.4. The van der Waals surface area contributed by atoms with Crippen molar-refractivity contribution in [3.63, 3.8) is 0 Å². The van der Waals surface area contributed by atoms with E-state index in [-0.39, 0.29) is 17.3 Å². The largest absolute Gasteiger partial charge is 0.493 e. The molecule has 4 nitrogen and oxygen atoms in total. The summed E-state index contributed by atoms with van der Waals surface area (Å²) in [7, 11) is 1.61. The Kier molecular flexibility index (Phi) is 7.66. The third-order valence-corrected chi connectivity index (χ3v) is 4.92. The third-order valence-electron chi connectivity index (χ3n) is 3.55. The summed E-state index contributed by atoms with van der Waals surface area (Å²) >= 11 is 7.38. The number of nitrogens with one attached hydrogen (secondary N) is 1. The minimum atomic E-state index is -0.207. The van der Waals surface area contributed by atoms with Gasteiger partial charge in [0.2, 0.25) is 5.91 Å². The fourth-order valence-electron chi connectivity index (χ4n) is 2.28. The molecule has 2 rings (SSSR count). The van der Waals surface area contributed by atoms with E-state index >= 15 is 0 Å². The van der Waals surface area contributed by atoms with Gasteiger partial charge in [-0.25, -0.2) is 0 Å². The van der Waals surface area contributed by atoms with Crippen LogP contribution in [0.2, 0.25) is 5.02 Å². The summed E-state index contributed by atoms with van der Waals surface area (Å²) in [6.45, 7) is 6.25. The second-order valence-corrected chi connectivity index (χ2v) is 7.93. The molecule has 0 fully saturated rings. The van der Waals surface area contributed by atoms with Crippen LogP contribution in [0.4, 0.5) is 0 Å². The lowest BCUT2D eigenvalue weighted by molar-refractivity contribution is -0.120. The number of benzene rings is 2. The molecule has 0 heterocycles. The van der Waals surface area contributed by atoms with Gasteiger partial charge in [-0.05, 0) is 62.7 Å².